The van der Waals surface area contributed by atoms with Crippen molar-refractivity contribution in [2.45, 2.75) is 230 Å². The first kappa shape index (κ1) is 85.7. The predicted molar refractivity (Wildman–Crippen MR) is 499 cm³/mol. The van der Waals surface area contributed by atoms with E-state index in [4.69, 9.17) is 34.0 Å². The minimum atomic E-state index is -0.764. The molecule has 12 heterocycles. The molecular formula is C108H132N8O4+4. The normalized spacial score (nSPS) is 12.8. The Bertz CT molecular complexity index is 6390. The van der Waals surface area contributed by atoms with Gasteiger partial charge < -0.3 is 17.7 Å². The van der Waals surface area contributed by atoms with E-state index in [0.29, 0.717) is 17.3 Å². The van der Waals surface area contributed by atoms with E-state index in [1.54, 1.807) is 0 Å². The highest BCUT2D eigenvalue weighted by Gasteiger charge is 2.30. The fraction of sp³-hybridized carbons (Fsp3) is 0.407. The topological polar surface area (TPSA) is 120 Å². The van der Waals surface area contributed by atoms with Gasteiger partial charge in [0, 0.05) is 121 Å². The second-order valence-electron chi connectivity index (χ2n) is 42.0. The molecule has 0 atom stereocenters. The fourth-order valence-corrected chi connectivity index (χ4v) is 16.8. The zero-order valence-electron chi connectivity index (χ0n) is 78.7. The van der Waals surface area contributed by atoms with Crippen LogP contribution >= 0.6 is 0 Å². The average molecular weight is 1610 g/mol. The van der Waals surface area contributed by atoms with Crippen LogP contribution in [0.5, 0.6) is 0 Å². The van der Waals surface area contributed by atoms with Crippen molar-refractivity contribution in [3.8, 4) is 45.0 Å². The molecule has 16 aromatic rings. The second-order valence-corrected chi connectivity index (χ2v) is 42.0. The molecule has 0 unspecified atom stereocenters. The molecule has 624 valence electrons. The Labute approximate surface area is 715 Å². The van der Waals surface area contributed by atoms with Crippen molar-refractivity contribution < 1.29 is 37.3 Å². The van der Waals surface area contributed by atoms with Gasteiger partial charge >= 0.3 is 0 Å². The van der Waals surface area contributed by atoms with Crippen molar-refractivity contribution >= 4 is 88.3 Å². The summed E-state index contributed by atoms with van der Waals surface area (Å²) in [6, 6.07) is 52.4. The van der Waals surface area contributed by atoms with Gasteiger partial charge in [0.1, 0.15) is 28.2 Å². The Morgan fingerprint density at radius 3 is 0.867 bits per heavy atom. The summed E-state index contributed by atoms with van der Waals surface area (Å²) in [6.07, 6.45) is 14.6. The Morgan fingerprint density at radius 1 is 0.308 bits per heavy atom. The maximum absolute atomic E-state index is 8.31. The first-order valence-corrected chi connectivity index (χ1v) is 43.2. The van der Waals surface area contributed by atoms with Gasteiger partial charge in [0.25, 0.3) is 0 Å². The highest BCUT2D eigenvalue weighted by molar-refractivity contribution is 6.12. The number of aryl methyl sites for hydroxylation is 8. The van der Waals surface area contributed by atoms with Crippen LogP contribution in [0.4, 0.5) is 0 Å². The molecular weight excluding hydrogens is 1470 g/mol. The number of hydrogen-bond donors (Lipinski definition) is 0. The Balaban J connectivity index is 0.000000139. The molecule has 12 nitrogen and oxygen atoms in total. The number of aromatic nitrogens is 8. The van der Waals surface area contributed by atoms with Crippen LogP contribution in [-0.2, 0) is 72.1 Å². The Kier molecular flexibility index (Phi) is 23.8. The van der Waals surface area contributed by atoms with E-state index < -0.39 is 5.89 Å². The molecule has 0 bridgehead atoms. The molecule has 0 aliphatic rings. The maximum Gasteiger partial charge on any atom is 0.227 e. The summed E-state index contributed by atoms with van der Waals surface area (Å²) < 4.78 is 42.7. The van der Waals surface area contributed by atoms with Crippen LogP contribution in [0, 0.1) is 60.7 Å². The predicted octanol–water partition coefficient (Wildman–Crippen LogP) is 26.7. The van der Waals surface area contributed by atoms with Gasteiger partial charge in [0.15, 0.2) is 47.1 Å². The number of fused-ring (bicyclic) bond motifs is 12. The molecule has 4 aromatic carbocycles. The molecule has 12 heteroatoms. The van der Waals surface area contributed by atoms with Crippen molar-refractivity contribution in [2.24, 2.45) is 61.2 Å². The van der Waals surface area contributed by atoms with Crippen molar-refractivity contribution in [2.75, 3.05) is 0 Å². The molecule has 0 spiro atoms. The third-order valence-electron chi connectivity index (χ3n) is 22.4. The summed E-state index contributed by atoms with van der Waals surface area (Å²) in [4.78, 5) is 19.2. The smallest absolute Gasteiger partial charge is 0.227 e. The summed E-state index contributed by atoms with van der Waals surface area (Å²) in [5, 5.41) is 8.70. The van der Waals surface area contributed by atoms with Gasteiger partial charge in [-0.15, -0.1) is 0 Å². The number of benzene rings is 4. The molecule has 12 aromatic heterocycles. The van der Waals surface area contributed by atoms with Crippen LogP contribution in [-0.4, -0.2) is 19.9 Å². The molecule has 0 N–H and O–H groups in total. The Hall–Kier alpha value is -10.7. The molecule has 0 saturated carbocycles. The first-order valence-electron chi connectivity index (χ1n) is 43.7. The number of furan rings is 4. The third-order valence-corrected chi connectivity index (χ3v) is 22.4. The monoisotopic (exact) mass is 1610 g/mol. The quantitative estimate of drug-likeness (QED) is 0.111. The summed E-state index contributed by atoms with van der Waals surface area (Å²) in [6.45, 7) is 57.3. The lowest BCUT2D eigenvalue weighted by molar-refractivity contribution is -0.660. The van der Waals surface area contributed by atoms with E-state index in [2.05, 4.69) is 376 Å². The van der Waals surface area contributed by atoms with Gasteiger partial charge in [-0.3, -0.25) is 0 Å². The van der Waals surface area contributed by atoms with Crippen molar-refractivity contribution in [3.05, 3.63) is 238 Å². The lowest BCUT2D eigenvalue weighted by atomic mass is 9.87. The van der Waals surface area contributed by atoms with Crippen molar-refractivity contribution in [1.82, 2.24) is 19.9 Å². The van der Waals surface area contributed by atoms with Gasteiger partial charge in [0.2, 0.25) is 45.6 Å². The van der Waals surface area contributed by atoms with E-state index in [1.807, 2.05) is 26.0 Å². The number of rotatable bonds is 12. The average Bonchev–Trinajstić information content (AvgIpc) is 1.61. The second kappa shape index (κ2) is 33.4. The van der Waals surface area contributed by atoms with E-state index in [0.717, 1.165) is 166 Å². The highest BCUT2D eigenvalue weighted by Crippen LogP contribution is 2.44. The molecule has 16 rings (SSSR count). The van der Waals surface area contributed by atoms with Gasteiger partial charge in [0.05, 0.1) is 22.3 Å². The van der Waals surface area contributed by atoms with Gasteiger partial charge in [-0.1, -0.05) is 201 Å². The summed E-state index contributed by atoms with van der Waals surface area (Å²) in [7, 11) is 8.40. The molecule has 0 radical (unpaired) electrons. The van der Waals surface area contributed by atoms with Crippen LogP contribution in [0.2, 0.25) is 0 Å². The highest BCUT2D eigenvalue weighted by atomic mass is 16.4. The van der Waals surface area contributed by atoms with E-state index in [1.165, 1.54) is 61.6 Å². The third kappa shape index (κ3) is 19.7. The lowest BCUT2D eigenvalue weighted by Gasteiger charge is -2.18. The number of nitrogens with zero attached hydrogens (tertiary/aromatic N) is 8. The van der Waals surface area contributed by atoms with Crippen LogP contribution in [0.3, 0.4) is 0 Å². The van der Waals surface area contributed by atoms with Crippen LogP contribution < -0.4 is 18.3 Å². The molecule has 0 aliphatic heterocycles. The van der Waals surface area contributed by atoms with E-state index in [-0.39, 0.29) is 32.5 Å². The van der Waals surface area contributed by atoms with Crippen LogP contribution in [0.25, 0.3) is 133 Å². The van der Waals surface area contributed by atoms with Crippen molar-refractivity contribution in [3.63, 3.8) is 0 Å². The van der Waals surface area contributed by atoms with Gasteiger partial charge in [-0.2, -0.15) is 0 Å². The zero-order chi connectivity index (χ0) is 87.9. The van der Waals surface area contributed by atoms with Gasteiger partial charge in [-0.05, 0) is 198 Å². The molecule has 0 aliphatic carbocycles. The van der Waals surface area contributed by atoms with Crippen molar-refractivity contribution in [1.29, 1.82) is 0 Å². The largest absolute Gasteiger partial charge is 0.437 e. The SMILES string of the molecule is Cc1ccc2c(oc3nc(C(C)(C)C)ccc32)c1-c1cc(CC(C)(C)C)cc[n+]1C.Cc1ccc2c(oc3nc(CC(C)(C)C)ccc32)c1-c1cc(CC(C)(C)C)cc[n+]1C.Cc1ccc2c(oc3nc(CC(C)C)ccc32)c1-c1cc(CC(C)(C)C)cc[n+]1C.[2H]C(C)(C)c1ccc2c(n1)oc1c(-c3cc(CC(C)(C)C)cc[n+]3C)c(C)ccc12. The first-order chi connectivity index (χ1) is 56.4. The van der Waals surface area contributed by atoms with E-state index in [9.17, 15) is 0 Å². The molecule has 120 heavy (non-hydrogen) atoms. The molecule has 0 fully saturated rings. The Morgan fingerprint density at radius 2 is 0.575 bits per heavy atom. The summed E-state index contributed by atoms with van der Waals surface area (Å²) in [5.41, 5.74) is 30.9. The maximum atomic E-state index is 8.31. The minimum absolute atomic E-state index is 0.0142. The fourth-order valence-electron chi connectivity index (χ4n) is 16.8. The standard InChI is InChI=1S/C28H35N2O.2C27H33N2O.C26H31N2O/c1-18-9-11-21-22-12-10-20(17-28(5,6)7)29-26(22)31-25(21)24(18)23-15-19(13-14-30(23)8)16-27(2,3)4;1-17-9-10-19-20-11-12-22(27(5,6)7)28-25(20)30-24(19)23(17)21-15-18(13-14-29(21)8)16-26(2,3)4;1-17(2)14-20-9-11-22-21-10-8-18(3)24(25(21)30-26(22)28-20)23-15-19(12-13-29(23)7)16-27(4,5)6;1-16(2)21-11-10-20-19-9-8-17(3)23(24(19)29-25(20)27-21)22-14-18(12-13-28(22)7)15-26(4,5)6/h9-15H,16-17H2,1-8H3;9-15H,16H2,1-8H3;8-13,15,17H,14,16H2,1-7H3;8-14,16H,15H2,1-7H3/q4*+1/i;;;16D. The minimum Gasteiger partial charge on any atom is -0.437 e. The number of pyridine rings is 8. The van der Waals surface area contributed by atoms with E-state index >= 15 is 0 Å². The summed E-state index contributed by atoms with van der Waals surface area (Å²) >= 11 is 0. The number of hydrogen-bond acceptors (Lipinski definition) is 8. The zero-order valence-corrected chi connectivity index (χ0v) is 77.7. The van der Waals surface area contributed by atoms with Crippen LogP contribution in [0.1, 0.15) is 227 Å². The molecule has 0 saturated heterocycles. The summed E-state index contributed by atoms with van der Waals surface area (Å²) in [5.74, 6) is -0.193. The lowest BCUT2D eigenvalue weighted by Crippen LogP contribution is -2.31. The molecule has 0 amide bonds. The van der Waals surface area contributed by atoms with Gasteiger partial charge in [-0.25, -0.2) is 38.2 Å². The van der Waals surface area contributed by atoms with Crippen LogP contribution in [0.15, 0.2) is 188 Å².